The van der Waals surface area contributed by atoms with Gasteiger partial charge in [0.1, 0.15) is 0 Å². The van der Waals surface area contributed by atoms with E-state index in [1.54, 1.807) is 0 Å². The van der Waals surface area contributed by atoms with E-state index in [-0.39, 0.29) is 0 Å². The second kappa shape index (κ2) is 4.68. The predicted molar refractivity (Wildman–Crippen MR) is 70.5 cm³/mol. The molecule has 3 atom stereocenters. The third-order valence-electron chi connectivity index (χ3n) is 5.54. The summed E-state index contributed by atoms with van der Waals surface area (Å²) in [6, 6.07) is 0.792. The number of hydrogen-bond acceptors (Lipinski definition) is 1. The molecule has 0 aromatic rings. The minimum atomic E-state index is 0.667. The Morgan fingerprint density at radius 2 is 1.88 bits per heavy atom. The molecule has 3 unspecified atom stereocenters. The fourth-order valence-electron chi connectivity index (χ4n) is 3.32. The van der Waals surface area contributed by atoms with Crippen molar-refractivity contribution in [3.63, 3.8) is 0 Å². The van der Waals surface area contributed by atoms with Crippen molar-refractivity contribution in [3.8, 4) is 0 Å². The zero-order valence-electron chi connectivity index (χ0n) is 11.6. The van der Waals surface area contributed by atoms with Crippen LogP contribution < -0.4 is 5.32 Å². The first-order chi connectivity index (χ1) is 7.55. The standard InChI is InChI=1S/C15H29N/c1-11(2)15(8-9-15)10-16-14-7-5-6-12(3)13(14)4/h11-14,16H,5-10H2,1-4H3. The molecule has 0 bridgehead atoms. The fraction of sp³-hybridized carbons (Fsp3) is 1.00. The van der Waals surface area contributed by atoms with Gasteiger partial charge in [0.25, 0.3) is 0 Å². The van der Waals surface area contributed by atoms with Crippen molar-refractivity contribution in [2.45, 2.75) is 65.8 Å². The van der Waals surface area contributed by atoms with E-state index >= 15 is 0 Å². The van der Waals surface area contributed by atoms with Gasteiger partial charge < -0.3 is 5.32 Å². The highest BCUT2D eigenvalue weighted by Gasteiger charge is 2.45. The van der Waals surface area contributed by atoms with Crippen molar-refractivity contribution in [1.29, 1.82) is 0 Å². The average Bonchev–Trinajstić information content (AvgIpc) is 3.01. The predicted octanol–water partition coefficient (Wildman–Crippen LogP) is 3.84. The van der Waals surface area contributed by atoms with Crippen molar-refractivity contribution in [2.24, 2.45) is 23.2 Å². The number of rotatable bonds is 4. The van der Waals surface area contributed by atoms with Crippen LogP contribution in [0.1, 0.15) is 59.8 Å². The SMILES string of the molecule is CC1CCCC(NCC2(C(C)C)CC2)C1C. The van der Waals surface area contributed by atoms with E-state index in [0.29, 0.717) is 5.41 Å². The highest BCUT2D eigenvalue weighted by Crippen LogP contribution is 2.51. The van der Waals surface area contributed by atoms with E-state index in [1.807, 2.05) is 0 Å². The normalized spacial score (nSPS) is 37.7. The van der Waals surface area contributed by atoms with Crippen LogP contribution in [0.3, 0.4) is 0 Å². The molecule has 0 aromatic heterocycles. The molecule has 0 heterocycles. The van der Waals surface area contributed by atoms with Gasteiger partial charge in [-0.2, -0.15) is 0 Å². The minimum absolute atomic E-state index is 0.667. The smallest absolute Gasteiger partial charge is 0.00954 e. The quantitative estimate of drug-likeness (QED) is 0.763. The maximum atomic E-state index is 3.89. The van der Waals surface area contributed by atoms with E-state index in [2.05, 4.69) is 33.0 Å². The van der Waals surface area contributed by atoms with Crippen LogP contribution in [-0.4, -0.2) is 12.6 Å². The summed E-state index contributed by atoms with van der Waals surface area (Å²) >= 11 is 0. The fourth-order valence-corrected chi connectivity index (χ4v) is 3.32. The molecule has 0 aliphatic heterocycles. The molecule has 2 aliphatic carbocycles. The summed E-state index contributed by atoms with van der Waals surface area (Å²) < 4.78 is 0. The van der Waals surface area contributed by atoms with Crippen LogP contribution in [0.25, 0.3) is 0 Å². The van der Waals surface area contributed by atoms with E-state index in [0.717, 1.165) is 23.8 Å². The summed E-state index contributed by atoms with van der Waals surface area (Å²) in [5, 5.41) is 3.89. The lowest BCUT2D eigenvalue weighted by atomic mass is 9.77. The summed E-state index contributed by atoms with van der Waals surface area (Å²) in [7, 11) is 0. The van der Waals surface area contributed by atoms with Crippen molar-refractivity contribution < 1.29 is 0 Å². The lowest BCUT2D eigenvalue weighted by molar-refractivity contribution is 0.190. The van der Waals surface area contributed by atoms with Gasteiger partial charge in [-0.1, -0.05) is 40.5 Å². The average molecular weight is 223 g/mol. The first kappa shape index (κ1) is 12.4. The molecular weight excluding hydrogens is 194 g/mol. The van der Waals surface area contributed by atoms with Crippen LogP contribution in [-0.2, 0) is 0 Å². The first-order valence-electron chi connectivity index (χ1n) is 7.28. The Labute approximate surface area is 101 Å². The lowest BCUT2D eigenvalue weighted by Gasteiger charge is -2.36. The number of nitrogens with one attached hydrogen (secondary N) is 1. The van der Waals surface area contributed by atoms with Crippen molar-refractivity contribution in [1.82, 2.24) is 5.32 Å². The van der Waals surface area contributed by atoms with Gasteiger partial charge in [-0.05, 0) is 42.4 Å². The van der Waals surface area contributed by atoms with Gasteiger partial charge in [0, 0.05) is 12.6 Å². The van der Waals surface area contributed by atoms with Gasteiger partial charge in [-0.15, -0.1) is 0 Å². The molecular formula is C15H29N. The zero-order valence-corrected chi connectivity index (χ0v) is 11.6. The zero-order chi connectivity index (χ0) is 11.8. The molecule has 0 spiro atoms. The molecule has 2 rings (SSSR count). The van der Waals surface area contributed by atoms with Crippen LogP contribution in [0.2, 0.25) is 0 Å². The van der Waals surface area contributed by atoms with Crippen LogP contribution in [0.4, 0.5) is 0 Å². The molecule has 1 nitrogen and oxygen atoms in total. The Bertz CT molecular complexity index is 230. The first-order valence-corrected chi connectivity index (χ1v) is 7.28. The molecule has 2 fully saturated rings. The van der Waals surface area contributed by atoms with Crippen LogP contribution in [0.15, 0.2) is 0 Å². The molecule has 0 radical (unpaired) electrons. The molecule has 2 aliphatic rings. The Balaban J connectivity index is 1.81. The Hall–Kier alpha value is -0.0400. The van der Waals surface area contributed by atoms with Gasteiger partial charge in [-0.3, -0.25) is 0 Å². The van der Waals surface area contributed by atoms with E-state index < -0.39 is 0 Å². The molecule has 94 valence electrons. The summed E-state index contributed by atoms with van der Waals surface area (Å²) in [5.41, 5.74) is 0.667. The van der Waals surface area contributed by atoms with Crippen molar-refractivity contribution >= 4 is 0 Å². The van der Waals surface area contributed by atoms with Gasteiger partial charge in [-0.25, -0.2) is 0 Å². The summed E-state index contributed by atoms with van der Waals surface area (Å²) in [5.74, 6) is 2.65. The number of hydrogen-bond donors (Lipinski definition) is 1. The van der Waals surface area contributed by atoms with Gasteiger partial charge >= 0.3 is 0 Å². The Morgan fingerprint density at radius 3 is 2.44 bits per heavy atom. The molecule has 1 N–H and O–H groups in total. The van der Waals surface area contributed by atoms with Crippen LogP contribution in [0.5, 0.6) is 0 Å². The van der Waals surface area contributed by atoms with E-state index in [9.17, 15) is 0 Å². The Morgan fingerprint density at radius 1 is 1.19 bits per heavy atom. The lowest BCUT2D eigenvalue weighted by Crippen LogP contribution is -2.43. The Kier molecular flexibility index (Phi) is 3.63. The largest absolute Gasteiger partial charge is 0.313 e. The van der Waals surface area contributed by atoms with Gasteiger partial charge in [0.05, 0.1) is 0 Å². The van der Waals surface area contributed by atoms with Crippen LogP contribution in [0, 0.1) is 23.2 Å². The molecule has 1 heteroatoms. The minimum Gasteiger partial charge on any atom is -0.313 e. The molecule has 2 saturated carbocycles. The van der Waals surface area contributed by atoms with Gasteiger partial charge in [0.15, 0.2) is 0 Å². The third-order valence-corrected chi connectivity index (χ3v) is 5.54. The van der Waals surface area contributed by atoms with Gasteiger partial charge in [0.2, 0.25) is 0 Å². The molecule has 0 saturated heterocycles. The maximum absolute atomic E-state index is 3.89. The van der Waals surface area contributed by atoms with Crippen molar-refractivity contribution in [3.05, 3.63) is 0 Å². The second-order valence-electron chi connectivity index (χ2n) is 6.77. The maximum Gasteiger partial charge on any atom is 0.00954 e. The van der Waals surface area contributed by atoms with E-state index in [1.165, 1.54) is 38.6 Å². The molecule has 0 aromatic carbocycles. The van der Waals surface area contributed by atoms with E-state index in [4.69, 9.17) is 0 Å². The molecule has 0 amide bonds. The van der Waals surface area contributed by atoms with Crippen LogP contribution >= 0.6 is 0 Å². The van der Waals surface area contributed by atoms with Crippen molar-refractivity contribution in [2.75, 3.05) is 6.54 Å². The monoisotopic (exact) mass is 223 g/mol. The third kappa shape index (κ3) is 2.45. The highest BCUT2D eigenvalue weighted by atomic mass is 14.9. The summed E-state index contributed by atoms with van der Waals surface area (Å²) in [6.07, 6.45) is 7.18. The topological polar surface area (TPSA) is 12.0 Å². The molecule has 16 heavy (non-hydrogen) atoms. The highest BCUT2D eigenvalue weighted by molar-refractivity contribution is 4.98. The second-order valence-corrected chi connectivity index (χ2v) is 6.77. The summed E-state index contributed by atoms with van der Waals surface area (Å²) in [6.45, 7) is 10.9. The summed E-state index contributed by atoms with van der Waals surface area (Å²) in [4.78, 5) is 0.